The Balaban J connectivity index is 3.17. The molecule has 18 heavy (non-hydrogen) atoms. The van der Waals surface area contributed by atoms with Gasteiger partial charge in [0, 0.05) is 6.92 Å². The lowest BCUT2D eigenvalue weighted by Crippen LogP contribution is -1.88. The van der Waals surface area contributed by atoms with E-state index in [1.807, 2.05) is 6.08 Å². The predicted molar refractivity (Wildman–Crippen MR) is 77.3 cm³/mol. The smallest absolute Gasteiger partial charge is 0.307 e. The van der Waals surface area contributed by atoms with Gasteiger partial charge >= 0.3 is 5.97 Å². The van der Waals surface area contributed by atoms with E-state index in [9.17, 15) is 4.79 Å². The van der Waals surface area contributed by atoms with Gasteiger partial charge in [0.15, 0.2) is 0 Å². The number of rotatable bonds is 11. The van der Waals surface area contributed by atoms with Gasteiger partial charge in [0.25, 0.3) is 0 Å². The number of allylic oxidation sites excluding steroid dienone is 3. The third-order valence-corrected chi connectivity index (χ3v) is 2.78. The van der Waals surface area contributed by atoms with E-state index in [1.165, 1.54) is 64.6 Å². The fraction of sp³-hybridized carbons (Fsp3) is 0.688. The number of hydrogen-bond acceptors (Lipinski definition) is 2. The second-order valence-electron chi connectivity index (χ2n) is 4.63. The largest absolute Gasteiger partial charge is 0.435 e. The second-order valence-corrected chi connectivity index (χ2v) is 4.63. The number of unbranched alkanes of at least 4 members (excludes halogenated alkanes) is 8. The first kappa shape index (κ1) is 16.9. The highest BCUT2D eigenvalue weighted by molar-refractivity contribution is 5.66. The maximum Gasteiger partial charge on any atom is 0.307 e. The standard InChI is InChI=1S/C16H28O2/c1-3-4-5-6-7-8-9-10-11-12-13-14-15-18-16(2)17/h12-15H,3-11H2,1-2H3/b13-12?,15-14+. The number of hydrogen-bond donors (Lipinski definition) is 0. The number of ether oxygens (including phenoxy) is 1. The van der Waals surface area contributed by atoms with Gasteiger partial charge in [-0.05, 0) is 18.9 Å². The average molecular weight is 252 g/mol. The Morgan fingerprint density at radius 2 is 1.56 bits per heavy atom. The van der Waals surface area contributed by atoms with Crippen molar-refractivity contribution in [2.24, 2.45) is 0 Å². The number of carbonyl (C=O) groups excluding carboxylic acids is 1. The summed E-state index contributed by atoms with van der Waals surface area (Å²) in [5.74, 6) is -0.275. The third-order valence-electron chi connectivity index (χ3n) is 2.78. The third kappa shape index (κ3) is 14.9. The number of esters is 1. The maximum atomic E-state index is 10.4. The molecule has 0 aromatic rings. The van der Waals surface area contributed by atoms with Gasteiger partial charge in [0.1, 0.15) is 0 Å². The van der Waals surface area contributed by atoms with Crippen LogP contribution in [0.4, 0.5) is 0 Å². The van der Waals surface area contributed by atoms with E-state index in [0.29, 0.717) is 0 Å². The summed E-state index contributed by atoms with van der Waals surface area (Å²) >= 11 is 0. The van der Waals surface area contributed by atoms with E-state index in [1.54, 1.807) is 6.08 Å². The molecule has 104 valence electrons. The molecule has 0 fully saturated rings. The van der Waals surface area contributed by atoms with Crippen LogP contribution >= 0.6 is 0 Å². The molecule has 0 heterocycles. The summed E-state index contributed by atoms with van der Waals surface area (Å²) in [6.07, 6.45) is 19.2. The zero-order valence-electron chi connectivity index (χ0n) is 12.0. The first-order valence-corrected chi connectivity index (χ1v) is 7.26. The Kier molecular flexibility index (Phi) is 13.2. The molecule has 0 rings (SSSR count). The molecule has 0 amide bonds. The summed E-state index contributed by atoms with van der Waals surface area (Å²) < 4.78 is 4.66. The van der Waals surface area contributed by atoms with E-state index in [4.69, 9.17) is 0 Å². The van der Waals surface area contributed by atoms with Crippen LogP contribution in [-0.2, 0) is 9.53 Å². The SMILES string of the molecule is CCCCCCCCCCC=C/C=C/OC(C)=O. The summed E-state index contributed by atoms with van der Waals surface area (Å²) in [6.45, 7) is 3.65. The molecule has 0 saturated carbocycles. The molecular formula is C16H28O2. The van der Waals surface area contributed by atoms with Crippen LogP contribution in [0.1, 0.15) is 71.6 Å². The first-order chi connectivity index (χ1) is 8.77. The molecule has 0 saturated heterocycles. The summed E-state index contributed by atoms with van der Waals surface area (Å²) in [5, 5.41) is 0. The second kappa shape index (κ2) is 14.0. The lowest BCUT2D eigenvalue weighted by atomic mass is 10.1. The molecule has 0 spiro atoms. The molecule has 0 atom stereocenters. The van der Waals surface area contributed by atoms with Crippen LogP contribution in [0.3, 0.4) is 0 Å². The Hall–Kier alpha value is -1.05. The predicted octanol–water partition coefficient (Wildman–Crippen LogP) is 5.15. The van der Waals surface area contributed by atoms with Crippen molar-refractivity contribution in [1.82, 2.24) is 0 Å². The van der Waals surface area contributed by atoms with Crippen molar-refractivity contribution < 1.29 is 9.53 Å². The van der Waals surface area contributed by atoms with Crippen molar-refractivity contribution in [3.8, 4) is 0 Å². The van der Waals surface area contributed by atoms with E-state index in [-0.39, 0.29) is 5.97 Å². The lowest BCUT2D eigenvalue weighted by molar-refractivity contribution is -0.135. The monoisotopic (exact) mass is 252 g/mol. The van der Waals surface area contributed by atoms with Crippen molar-refractivity contribution in [3.63, 3.8) is 0 Å². The Labute approximate surface area is 112 Å². The van der Waals surface area contributed by atoms with Crippen LogP contribution < -0.4 is 0 Å². The topological polar surface area (TPSA) is 26.3 Å². The van der Waals surface area contributed by atoms with Crippen molar-refractivity contribution >= 4 is 5.97 Å². The summed E-state index contributed by atoms with van der Waals surface area (Å²) in [4.78, 5) is 10.4. The van der Waals surface area contributed by atoms with Gasteiger partial charge in [-0.1, -0.05) is 64.0 Å². The molecule has 2 heteroatoms. The molecule has 2 nitrogen and oxygen atoms in total. The highest BCUT2D eigenvalue weighted by atomic mass is 16.5. The Bertz CT molecular complexity index is 241. The van der Waals surface area contributed by atoms with Crippen LogP contribution in [0.15, 0.2) is 24.5 Å². The quantitative estimate of drug-likeness (QED) is 0.220. The van der Waals surface area contributed by atoms with Gasteiger partial charge in [-0.3, -0.25) is 4.79 Å². The molecule has 0 unspecified atom stereocenters. The van der Waals surface area contributed by atoms with Gasteiger partial charge < -0.3 is 4.74 Å². The molecule has 0 bridgehead atoms. The first-order valence-electron chi connectivity index (χ1n) is 7.26. The van der Waals surface area contributed by atoms with Crippen LogP contribution in [0.2, 0.25) is 0 Å². The molecule has 0 radical (unpaired) electrons. The highest BCUT2D eigenvalue weighted by Gasteiger charge is 1.90. The Morgan fingerprint density at radius 1 is 0.944 bits per heavy atom. The summed E-state index contributed by atoms with van der Waals surface area (Å²) in [6, 6.07) is 0. The summed E-state index contributed by atoms with van der Waals surface area (Å²) in [5.41, 5.74) is 0. The van der Waals surface area contributed by atoms with Crippen LogP contribution in [-0.4, -0.2) is 5.97 Å². The zero-order valence-corrected chi connectivity index (χ0v) is 12.0. The van der Waals surface area contributed by atoms with Crippen molar-refractivity contribution in [3.05, 3.63) is 24.5 Å². The highest BCUT2D eigenvalue weighted by Crippen LogP contribution is 2.09. The minimum absolute atomic E-state index is 0.275. The van der Waals surface area contributed by atoms with Gasteiger partial charge in [0.2, 0.25) is 0 Å². The molecule has 0 N–H and O–H groups in total. The molecule has 0 aliphatic carbocycles. The van der Waals surface area contributed by atoms with Gasteiger partial charge in [-0.25, -0.2) is 0 Å². The van der Waals surface area contributed by atoms with E-state index in [2.05, 4.69) is 17.7 Å². The fourth-order valence-corrected chi connectivity index (χ4v) is 1.75. The molecule has 0 aromatic heterocycles. The molecule has 0 aliphatic rings. The van der Waals surface area contributed by atoms with Crippen molar-refractivity contribution in [2.75, 3.05) is 0 Å². The van der Waals surface area contributed by atoms with Crippen LogP contribution in [0, 0.1) is 0 Å². The van der Waals surface area contributed by atoms with Gasteiger partial charge in [-0.15, -0.1) is 0 Å². The molecule has 0 aliphatic heterocycles. The minimum Gasteiger partial charge on any atom is -0.435 e. The molecule has 0 aromatic carbocycles. The summed E-state index contributed by atoms with van der Waals surface area (Å²) in [7, 11) is 0. The normalized spacial score (nSPS) is 11.4. The van der Waals surface area contributed by atoms with Crippen LogP contribution in [0.25, 0.3) is 0 Å². The van der Waals surface area contributed by atoms with Crippen molar-refractivity contribution in [2.45, 2.75) is 71.6 Å². The lowest BCUT2D eigenvalue weighted by Gasteiger charge is -1.99. The fourth-order valence-electron chi connectivity index (χ4n) is 1.75. The van der Waals surface area contributed by atoms with E-state index >= 15 is 0 Å². The minimum atomic E-state index is -0.275. The van der Waals surface area contributed by atoms with E-state index in [0.717, 1.165) is 6.42 Å². The zero-order chi connectivity index (χ0) is 13.5. The van der Waals surface area contributed by atoms with Gasteiger partial charge in [0.05, 0.1) is 6.26 Å². The molecular weight excluding hydrogens is 224 g/mol. The number of carbonyl (C=O) groups is 1. The maximum absolute atomic E-state index is 10.4. The average Bonchev–Trinajstić information content (AvgIpc) is 2.34. The van der Waals surface area contributed by atoms with E-state index < -0.39 is 0 Å². The van der Waals surface area contributed by atoms with Gasteiger partial charge in [-0.2, -0.15) is 0 Å². The van der Waals surface area contributed by atoms with Crippen molar-refractivity contribution in [1.29, 1.82) is 0 Å². The Morgan fingerprint density at radius 3 is 2.17 bits per heavy atom. The van der Waals surface area contributed by atoms with Crippen LogP contribution in [0.5, 0.6) is 0 Å².